The second kappa shape index (κ2) is 10.2. The zero-order valence-corrected chi connectivity index (χ0v) is 20.1. The molecule has 3 heterocycles. The Morgan fingerprint density at radius 1 is 1.16 bits per heavy atom. The quantitative estimate of drug-likeness (QED) is 0.232. The SMILES string of the molecule is Cn1c(CNOC[C@H]2CNC(=O)c3c(OCc4ccccc4)c(=O)c(C(N)=O)cn32)nc2ccccc21. The van der Waals surface area contributed by atoms with E-state index >= 15 is 0 Å². The van der Waals surface area contributed by atoms with E-state index in [1.807, 2.05) is 66.2 Å². The van der Waals surface area contributed by atoms with Crippen LogP contribution >= 0.6 is 0 Å². The maximum atomic E-state index is 13.0. The number of nitrogens with two attached hydrogens (primary N) is 1. The molecule has 37 heavy (non-hydrogen) atoms. The molecule has 0 unspecified atom stereocenters. The molecule has 2 aromatic heterocycles. The van der Waals surface area contributed by atoms with Gasteiger partial charge in [-0.25, -0.2) is 4.98 Å². The highest BCUT2D eigenvalue weighted by molar-refractivity contribution is 5.98. The summed E-state index contributed by atoms with van der Waals surface area (Å²) in [4.78, 5) is 48.2. The number of benzene rings is 2. The fraction of sp³-hybridized carbons (Fsp3) is 0.231. The van der Waals surface area contributed by atoms with E-state index < -0.39 is 23.3 Å². The van der Waals surface area contributed by atoms with E-state index in [0.29, 0.717) is 6.54 Å². The third kappa shape index (κ3) is 4.82. The number of hydroxylamine groups is 1. The van der Waals surface area contributed by atoms with E-state index in [1.165, 1.54) is 10.8 Å². The summed E-state index contributed by atoms with van der Waals surface area (Å²) in [6.45, 7) is 0.730. The number of imidazole rings is 1. The normalized spacial score (nSPS) is 14.8. The van der Waals surface area contributed by atoms with Crippen molar-refractivity contribution in [1.29, 1.82) is 0 Å². The van der Waals surface area contributed by atoms with Crippen LogP contribution in [0.4, 0.5) is 0 Å². The van der Waals surface area contributed by atoms with Crippen LogP contribution in [0.15, 0.2) is 65.6 Å². The van der Waals surface area contributed by atoms with Crippen LogP contribution < -0.4 is 26.7 Å². The predicted octanol–water partition coefficient (Wildman–Crippen LogP) is 1.42. The second-order valence-corrected chi connectivity index (χ2v) is 8.67. The van der Waals surface area contributed by atoms with E-state index in [-0.39, 0.29) is 36.8 Å². The highest BCUT2D eigenvalue weighted by Gasteiger charge is 2.32. The van der Waals surface area contributed by atoms with Gasteiger partial charge in [0.25, 0.3) is 11.8 Å². The number of hydrogen-bond donors (Lipinski definition) is 3. The number of pyridine rings is 1. The molecule has 0 radical (unpaired) electrons. The molecule has 2 amide bonds. The van der Waals surface area contributed by atoms with Gasteiger partial charge in [0.05, 0.1) is 30.2 Å². The van der Waals surface area contributed by atoms with Crippen molar-refractivity contribution in [3.63, 3.8) is 0 Å². The molecule has 0 bridgehead atoms. The molecular formula is C26H26N6O5. The molecule has 0 saturated carbocycles. The van der Waals surface area contributed by atoms with Gasteiger partial charge >= 0.3 is 0 Å². The Balaban J connectivity index is 1.36. The van der Waals surface area contributed by atoms with Gasteiger partial charge < -0.3 is 24.9 Å². The number of primary amides is 1. The average molecular weight is 503 g/mol. The Kier molecular flexibility index (Phi) is 6.71. The first-order valence-electron chi connectivity index (χ1n) is 11.7. The lowest BCUT2D eigenvalue weighted by molar-refractivity contribution is 0.0116. The topological polar surface area (TPSA) is 142 Å². The number of para-hydroxylation sites is 2. The van der Waals surface area contributed by atoms with Crippen molar-refractivity contribution in [2.75, 3.05) is 13.2 Å². The molecule has 1 atom stereocenters. The number of aromatic nitrogens is 3. The number of fused-ring (bicyclic) bond motifs is 2. The lowest BCUT2D eigenvalue weighted by Gasteiger charge is -2.30. The molecule has 0 spiro atoms. The van der Waals surface area contributed by atoms with Gasteiger partial charge in [-0.2, -0.15) is 5.48 Å². The second-order valence-electron chi connectivity index (χ2n) is 8.67. The minimum absolute atomic E-state index is 0.0149. The molecule has 0 aliphatic carbocycles. The molecule has 11 nitrogen and oxygen atoms in total. The fourth-order valence-electron chi connectivity index (χ4n) is 4.31. The van der Waals surface area contributed by atoms with Crippen molar-refractivity contribution >= 4 is 22.8 Å². The number of ether oxygens (including phenoxy) is 1. The average Bonchev–Trinajstić information content (AvgIpc) is 3.22. The third-order valence-electron chi connectivity index (χ3n) is 6.28. The summed E-state index contributed by atoms with van der Waals surface area (Å²) >= 11 is 0. The molecule has 11 heteroatoms. The maximum Gasteiger partial charge on any atom is 0.272 e. The first-order chi connectivity index (χ1) is 17.9. The summed E-state index contributed by atoms with van der Waals surface area (Å²) in [6.07, 6.45) is 1.30. The highest BCUT2D eigenvalue weighted by Crippen LogP contribution is 2.24. The van der Waals surface area contributed by atoms with Crippen LogP contribution in [0.3, 0.4) is 0 Å². The van der Waals surface area contributed by atoms with Crippen LogP contribution in [-0.2, 0) is 25.0 Å². The standard InChI is InChI=1S/C26H26N6O5/c1-31-20-10-6-5-9-19(20)30-21(31)12-29-37-15-17-11-28-26(35)22-24(36-14-16-7-3-2-4-8-16)23(33)18(25(27)34)13-32(17)22/h2-10,13,17,29H,11-12,14-15H2,1H3,(H2,27,34)(H,28,35)/t17-/m1/s1. The molecule has 1 aliphatic heterocycles. The van der Waals surface area contributed by atoms with Crippen LogP contribution in [0.5, 0.6) is 5.75 Å². The molecule has 0 saturated heterocycles. The Morgan fingerprint density at radius 3 is 2.68 bits per heavy atom. The number of nitrogens with zero attached hydrogens (tertiary/aromatic N) is 3. The van der Waals surface area contributed by atoms with E-state index in [2.05, 4.69) is 15.8 Å². The zero-order chi connectivity index (χ0) is 25.9. The Labute approximate surface area is 211 Å². The monoisotopic (exact) mass is 502 g/mol. The van der Waals surface area contributed by atoms with E-state index in [0.717, 1.165) is 22.4 Å². The van der Waals surface area contributed by atoms with Gasteiger partial charge in [-0.1, -0.05) is 42.5 Å². The number of rotatable bonds is 9. The summed E-state index contributed by atoms with van der Waals surface area (Å²) < 4.78 is 9.29. The molecule has 0 fully saturated rings. The van der Waals surface area contributed by atoms with Gasteiger partial charge in [-0.15, -0.1) is 0 Å². The van der Waals surface area contributed by atoms with E-state index in [1.54, 1.807) is 0 Å². The summed E-state index contributed by atoms with van der Waals surface area (Å²) in [5, 5.41) is 2.77. The lowest BCUT2D eigenvalue weighted by atomic mass is 10.1. The number of aryl methyl sites for hydroxylation is 1. The van der Waals surface area contributed by atoms with Gasteiger partial charge in [0.1, 0.15) is 18.0 Å². The molecule has 4 aromatic rings. The zero-order valence-electron chi connectivity index (χ0n) is 20.1. The van der Waals surface area contributed by atoms with Crippen molar-refractivity contribution < 1.29 is 19.2 Å². The van der Waals surface area contributed by atoms with Crippen LogP contribution in [0.2, 0.25) is 0 Å². The first-order valence-corrected chi connectivity index (χ1v) is 11.7. The van der Waals surface area contributed by atoms with Gasteiger partial charge in [-0.05, 0) is 17.7 Å². The summed E-state index contributed by atoms with van der Waals surface area (Å²) in [5.74, 6) is -0.833. The summed E-state index contributed by atoms with van der Waals surface area (Å²) in [7, 11) is 1.93. The first kappa shape index (κ1) is 24.2. The van der Waals surface area contributed by atoms with Gasteiger partial charge in [0.15, 0.2) is 11.4 Å². The van der Waals surface area contributed by atoms with Crippen LogP contribution in [0.25, 0.3) is 11.0 Å². The third-order valence-corrected chi connectivity index (χ3v) is 6.28. The Morgan fingerprint density at radius 2 is 1.92 bits per heavy atom. The maximum absolute atomic E-state index is 13.0. The van der Waals surface area contributed by atoms with Crippen molar-refractivity contribution in [2.24, 2.45) is 12.8 Å². The minimum atomic E-state index is -0.907. The van der Waals surface area contributed by atoms with Crippen LogP contribution in [0, 0.1) is 0 Å². The summed E-state index contributed by atoms with van der Waals surface area (Å²) in [6, 6.07) is 16.6. The molecule has 5 rings (SSSR count). The molecule has 1 aliphatic rings. The number of amides is 2. The molecule has 190 valence electrons. The van der Waals surface area contributed by atoms with E-state index in [9.17, 15) is 14.4 Å². The number of hydrogen-bond acceptors (Lipinski definition) is 7. The smallest absolute Gasteiger partial charge is 0.272 e. The minimum Gasteiger partial charge on any atom is -0.483 e. The predicted molar refractivity (Wildman–Crippen MR) is 135 cm³/mol. The van der Waals surface area contributed by atoms with Crippen molar-refractivity contribution in [2.45, 2.75) is 19.2 Å². The van der Waals surface area contributed by atoms with Crippen molar-refractivity contribution in [3.8, 4) is 5.75 Å². The van der Waals surface area contributed by atoms with Crippen molar-refractivity contribution in [1.82, 2.24) is 24.9 Å². The molecule has 4 N–H and O–H groups in total. The van der Waals surface area contributed by atoms with Gasteiger partial charge in [0.2, 0.25) is 5.43 Å². The van der Waals surface area contributed by atoms with Crippen LogP contribution in [0.1, 0.15) is 38.3 Å². The van der Waals surface area contributed by atoms with E-state index in [4.69, 9.17) is 15.3 Å². The highest BCUT2D eigenvalue weighted by atomic mass is 16.6. The van der Waals surface area contributed by atoms with Gasteiger partial charge in [0, 0.05) is 19.8 Å². The Bertz CT molecular complexity index is 1530. The largest absolute Gasteiger partial charge is 0.483 e. The number of carbonyl (C=O) groups is 2. The molecule has 2 aromatic carbocycles. The van der Waals surface area contributed by atoms with Crippen LogP contribution in [-0.4, -0.2) is 39.1 Å². The fourth-order valence-corrected chi connectivity index (χ4v) is 4.31. The Hall–Kier alpha value is -4.48. The number of nitrogens with one attached hydrogen (secondary N) is 2. The lowest BCUT2D eigenvalue weighted by Crippen LogP contribution is -2.44. The summed E-state index contributed by atoms with van der Waals surface area (Å²) in [5.41, 5.74) is 10.1. The van der Waals surface area contributed by atoms with Crippen molar-refractivity contribution in [3.05, 3.63) is 93.7 Å². The van der Waals surface area contributed by atoms with Gasteiger partial charge in [-0.3, -0.25) is 19.2 Å². The molecular weight excluding hydrogens is 476 g/mol. The number of carbonyl (C=O) groups excluding carboxylic acids is 2.